The molecule has 2 nitrogen and oxygen atoms in total. The van der Waals surface area contributed by atoms with Crippen molar-refractivity contribution in [3.63, 3.8) is 0 Å². The van der Waals surface area contributed by atoms with Crippen molar-refractivity contribution in [2.45, 2.75) is 52.5 Å². The summed E-state index contributed by atoms with van der Waals surface area (Å²) in [7, 11) is 0. The van der Waals surface area contributed by atoms with E-state index in [0.29, 0.717) is 12.0 Å². The summed E-state index contributed by atoms with van der Waals surface area (Å²) in [5.41, 5.74) is 1.67. The molecule has 1 aromatic carbocycles. The quantitative estimate of drug-likeness (QED) is 0.642. The minimum Gasteiger partial charge on any atom is -0.492 e. The van der Waals surface area contributed by atoms with Gasteiger partial charge >= 0.3 is 0 Å². The highest BCUT2D eigenvalue weighted by atomic mass is 79.9. The lowest BCUT2D eigenvalue weighted by Crippen LogP contribution is -2.33. The molecular formula is C17H25Br2NO. The highest BCUT2D eigenvalue weighted by molar-refractivity contribution is 9.11. The monoisotopic (exact) mass is 417 g/mol. The van der Waals surface area contributed by atoms with Crippen molar-refractivity contribution < 1.29 is 4.74 Å². The van der Waals surface area contributed by atoms with Crippen molar-refractivity contribution >= 4 is 31.9 Å². The van der Waals surface area contributed by atoms with Crippen LogP contribution in [0.3, 0.4) is 0 Å². The standard InChI is InChI=1S/C17H25Br2NO/c1-3-21-16-13(9-14(18)10-15(16)19)11-20-12-17(2)7-5-4-6-8-17/h9-10,20H,3-8,11-12H2,1-2H3. The van der Waals surface area contributed by atoms with Gasteiger partial charge in [-0.2, -0.15) is 0 Å². The molecule has 1 saturated carbocycles. The summed E-state index contributed by atoms with van der Waals surface area (Å²) < 4.78 is 7.88. The van der Waals surface area contributed by atoms with Crippen LogP contribution in [0, 0.1) is 5.41 Å². The van der Waals surface area contributed by atoms with E-state index in [0.717, 1.165) is 27.8 Å². The van der Waals surface area contributed by atoms with Gasteiger partial charge in [-0.15, -0.1) is 0 Å². The molecule has 0 amide bonds. The van der Waals surface area contributed by atoms with Crippen LogP contribution in [0.2, 0.25) is 0 Å². The van der Waals surface area contributed by atoms with Gasteiger partial charge in [0.2, 0.25) is 0 Å². The van der Waals surface area contributed by atoms with E-state index in [9.17, 15) is 0 Å². The van der Waals surface area contributed by atoms with Gasteiger partial charge in [0.25, 0.3) is 0 Å². The summed E-state index contributed by atoms with van der Waals surface area (Å²) in [6, 6.07) is 4.18. The Morgan fingerprint density at radius 3 is 2.57 bits per heavy atom. The fraction of sp³-hybridized carbons (Fsp3) is 0.647. The minimum atomic E-state index is 0.466. The molecule has 0 spiro atoms. The Balaban J connectivity index is 1.98. The zero-order valence-corrected chi connectivity index (χ0v) is 16.1. The van der Waals surface area contributed by atoms with Crippen LogP contribution >= 0.6 is 31.9 Å². The number of nitrogens with one attached hydrogen (secondary N) is 1. The molecule has 1 fully saturated rings. The topological polar surface area (TPSA) is 21.3 Å². The van der Waals surface area contributed by atoms with Gasteiger partial charge in [0.05, 0.1) is 11.1 Å². The maximum atomic E-state index is 5.78. The normalized spacial score (nSPS) is 17.7. The van der Waals surface area contributed by atoms with Crippen molar-refractivity contribution in [1.29, 1.82) is 0 Å². The largest absolute Gasteiger partial charge is 0.492 e. The summed E-state index contributed by atoms with van der Waals surface area (Å²) in [5, 5.41) is 3.64. The second kappa shape index (κ2) is 7.98. The third kappa shape index (κ3) is 4.97. The minimum absolute atomic E-state index is 0.466. The molecule has 1 aliphatic rings. The average Bonchev–Trinajstić information content (AvgIpc) is 2.43. The molecule has 2 rings (SSSR count). The number of rotatable bonds is 6. The van der Waals surface area contributed by atoms with Crippen molar-refractivity contribution in [3.8, 4) is 5.75 Å². The van der Waals surface area contributed by atoms with Crippen LogP contribution in [0.15, 0.2) is 21.1 Å². The smallest absolute Gasteiger partial charge is 0.138 e. The van der Waals surface area contributed by atoms with Gasteiger partial charge in [-0.25, -0.2) is 0 Å². The molecule has 21 heavy (non-hydrogen) atoms. The Kier molecular flexibility index (Phi) is 6.57. The Hall–Kier alpha value is -0.0600. The first-order chi connectivity index (χ1) is 10.0. The van der Waals surface area contributed by atoms with Gasteiger partial charge in [0.15, 0.2) is 0 Å². The second-order valence-electron chi connectivity index (χ2n) is 6.28. The van der Waals surface area contributed by atoms with Gasteiger partial charge in [-0.1, -0.05) is 42.1 Å². The molecule has 118 valence electrons. The van der Waals surface area contributed by atoms with E-state index in [-0.39, 0.29) is 0 Å². The van der Waals surface area contributed by atoms with Gasteiger partial charge in [0.1, 0.15) is 5.75 Å². The molecule has 1 aliphatic carbocycles. The van der Waals surface area contributed by atoms with E-state index in [4.69, 9.17) is 4.74 Å². The first kappa shape index (κ1) is 17.3. The average molecular weight is 419 g/mol. The molecule has 0 bridgehead atoms. The molecule has 0 heterocycles. The Morgan fingerprint density at radius 1 is 1.19 bits per heavy atom. The third-order valence-electron chi connectivity index (χ3n) is 4.30. The molecule has 1 N–H and O–H groups in total. The predicted octanol–water partition coefficient (Wildman–Crippen LogP) is 5.67. The van der Waals surface area contributed by atoms with E-state index in [2.05, 4.69) is 50.2 Å². The molecule has 4 heteroatoms. The van der Waals surface area contributed by atoms with Crippen LogP contribution in [0.4, 0.5) is 0 Å². The zero-order valence-electron chi connectivity index (χ0n) is 13.0. The summed E-state index contributed by atoms with van der Waals surface area (Å²) in [4.78, 5) is 0. The molecule has 0 atom stereocenters. The lowest BCUT2D eigenvalue weighted by atomic mass is 9.76. The molecule has 0 aliphatic heterocycles. The van der Waals surface area contributed by atoms with E-state index in [1.54, 1.807) is 0 Å². The summed E-state index contributed by atoms with van der Waals surface area (Å²) in [5.74, 6) is 0.960. The molecule has 0 saturated heterocycles. The number of benzene rings is 1. The van der Waals surface area contributed by atoms with Crippen LogP contribution in [-0.2, 0) is 6.54 Å². The summed E-state index contributed by atoms with van der Waals surface area (Å²) in [6.45, 7) is 7.06. The van der Waals surface area contributed by atoms with Gasteiger partial charge in [-0.05, 0) is 53.2 Å². The maximum absolute atomic E-state index is 5.78. The molecule has 1 aromatic rings. The lowest BCUT2D eigenvalue weighted by Gasteiger charge is -2.34. The number of hydrogen-bond donors (Lipinski definition) is 1. The third-order valence-corrected chi connectivity index (χ3v) is 5.35. The lowest BCUT2D eigenvalue weighted by molar-refractivity contribution is 0.207. The Morgan fingerprint density at radius 2 is 1.90 bits per heavy atom. The fourth-order valence-electron chi connectivity index (χ4n) is 3.13. The van der Waals surface area contributed by atoms with Crippen LogP contribution in [0.1, 0.15) is 51.5 Å². The van der Waals surface area contributed by atoms with E-state index in [1.165, 1.54) is 37.7 Å². The van der Waals surface area contributed by atoms with E-state index >= 15 is 0 Å². The number of ether oxygens (including phenoxy) is 1. The highest BCUT2D eigenvalue weighted by Crippen LogP contribution is 2.36. The first-order valence-corrected chi connectivity index (χ1v) is 9.44. The molecular weight excluding hydrogens is 394 g/mol. The molecule has 0 radical (unpaired) electrons. The van der Waals surface area contributed by atoms with Gasteiger partial charge < -0.3 is 10.1 Å². The Bertz CT molecular complexity index is 470. The van der Waals surface area contributed by atoms with Gasteiger partial charge in [-0.3, -0.25) is 0 Å². The second-order valence-corrected chi connectivity index (χ2v) is 8.05. The van der Waals surface area contributed by atoms with Crippen molar-refractivity contribution in [1.82, 2.24) is 5.32 Å². The SMILES string of the molecule is CCOc1c(Br)cc(Br)cc1CNCC1(C)CCCCC1. The van der Waals surface area contributed by atoms with E-state index < -0.39 is 0 Å². The molecule has 0 aromatic heterocycles. The number of halogens is 2. The van der Waals surface area contributed by atoms with Crippen LogP contribution < -0.4 is 10.1 Å². The van der Waals surface area contributed by atoms with E-state index in [1.807, 2.05) is 13.0 Å². The number of hydrogen-bond acceptors (Lipinski definition) is 2. The predicted molar refractivity (Wildman–Crippen MR) is 95.9 cm³/mol. The zero-order chi connectivity index (χ0) is 15.3. The summed E-state index contributed by atoms with van der Waals surface area (Å²) >= 11 is 7.16. The van der Waals surface area contributed by atoms with Crippen LogP contribution in [-0.4, -0.2) is 13.2 Å². The van der Waals surface area contributed by atoms with Crippen molar-refractivity contribution in [3.05, 3.63) is 26.6 Å². The van der Waals surface area contributed by atoms with Crippen LogP contribution in [0.25, 0.3) is 0 Å². The van der Waals surface area contributed by atoms with Crippen molar-refractivity contribution in [2.24, 2.45) is 5.41 Å². The van der Waals surface area contributed by atoms with Crippen LogP contribution in [0.5, 0.6) is 5.75 Å². The molecule has 0 unspecified atom stereocenters. The Labute approximate surface area is 145 Å². The summed E-state index contributed by atoms with van der Waals surface area (Å²) in [6.07, 6.45) is 6.86. The first-order valence-electron chi connectivity index (χ1n) is 7.85. The van der Waals surface area contributed by atoms with Crippen molar-refractivity contribution in [2.75, 3.05) is 13.2 Å². The maximum Gasteiger partial charge on any atom is 0.138 e. The fourth-order valence-corrected chi connectivity index (χ4v) is 4.56. The highest BCUT2D eigenvalue weighted by Gasteiger charge is 2.26. The van der Waals surface area contributed by atoms with Gasteiger partial charge in [0, 0.05) is 23.1 Å².